The van der Waals surface area contributed by atoms with Crippen LogP contribution >= 0.6 is 0 Å². The predicted octanol–water partition coefficient (Wildman–Crippen LogP) is 3.57. The molecule has 0 aromatic heterocycles. The topological polar surface area (TPSA) is 26.0 Å². The van der Waals surface area contributed by atoms with Crippen molar-refractivity contribution in [3.05, 3.63) is 35.4 Å². The fourth-order valence-electron chi connectivity index (χ4n) is 2.96. The smallest absolute Gasteiger partial charge is 0.270 e. The van der Waals surface area contributed by atoms with Gasteiger partial charge in [-0.2, -0.15) is 0 Å². The number of hydrogen-bond donors (Lipinski definition) is 1. The summed E-state index contributed by atoms with van der Waals surface area (Å²) in [5, 5.41) is 0. The van der Waals surface area contributed by atoms with Gasteiger partial charge in [-0.3, -0.25) is 0 Å². The van der Waals surface area contributed by atoms with Crippen molar-refractivity contribution in [2.45, 2.75) is 43.9 Å². The van der Waals surface area contributed by atoms with Gasteiger partial charge in [-0.15, -0.1) is 0 Å². The quantitative estimate of drug-likeness (QED) is 0.857. The molecule has 17 heavy (non-hydrogen) atoms. The van der Waals surface area contributed by atoms with Crippen molar-refractivity contribution in [3.63, 3.8) is 0 Å². The molecule has 0 spiro atoms. The molecule has 1 aliphatic rings. The number of benzene rings is 1. The maximum absolute atomic E-state index is 13.6. The molecule has 0 bridgehead atoms. The Labute approximate surface area is 101 Å². The summed E-state index contributed by atoms with van der Waals surface area (Å²) in [5.74, 6) is -2.79. The van der Waals surface area contributed by atoms with Crippen LogP contribution < -0.4 is 5.73 Å². The van der Waals surface area contributed by atoms with Gasteiger partial charge in [0.15, 0.2) is 0 Å². The second-order valence-electron chi connectivity index (χ2n) is 5.13. The van der Waals surface area contributed by atoms with Gasteiger partial charge in [-0.05, 0) is 18.4 Å². The third-order valence-electron chi connectivity index (χ3n) is 3.92. The van der Waals surface area contributed by atoms with Crippen LogP contribution in [0.15, 0.2) is 24.3 Å². The molecule has 0 heterocycles. The molecule has 0 unspecified atom stereocenters. The van der Waals surface area contributed by atoms with Crippen LogP contribution in [-0.2, 0) is 11.3 Å². The lowest BCUT2D eigenvalue weighted by Crippen LogP contribution is -2.34. The first kappa shape index (κ1) is 12.5. The Hall–Kier alpha value is -0.960. The van der Waals surface area contributed by atoms with E-state index in [2.05, 4.69) is 0 Å². The summed E-state index contributed by atoms with van der Waals surface area (Å²) in [6.07, 6.45) is 4.02. The van der Waals surface area contributed by atoms with Crippen LogP contribution in [0.5, 0.6) is 0 Å². The fraction of sp³-hybridized carbons (Fsp3) is 0.571. The first-order valence-electron chi connectivity index (χ1n) is 6.17. The Kier molecular flexibility index (Phi) is 3.21. The molecule has 1 nitrogen and oxygen atoms in total. The number of alkyl halides is 2. The first-order valence-corrected chi connectivity index (χ1v) is 6.17. The van der Waals surface area contributed by atoms with Crippen molar-refractivity contribution in [2.75, 3.05) is 6.54 Å². The summed E-state index contributed by atoms with van der Waals surface area (Å²) in [7, 11) is 0. The van der Waals surface area contributed by atoms with Crippen molar-refractivity contribution in [1.82, 2.24) is 0 Å². The third kappa shape index (κ3) is 2.21. The standard InChI is InChI=1S/C14H19F2N/c1-13(15,16)11-6-2-3-7-12(11)14(10-17)8-4-5-9-14/h2-3,6-7H,4-5,8-10,17H2,1H3. The molecular weight excluding hydrogens is 220 g/mol. The second kappa shape index (κ2) is 4.37. The number of rotatable bonds is 3. The summed E-state index contributed by atoms with van der Waals surface area (Å²) in [6.45, 7) is 1.42. The molecule has 1 aromatic rings. The highest BCUT2D eigenvalue weighted by Crippen LogP contribution is 2.44. The van der Waals surface area contributed by atoms with Gasteiger partial charge in [0.25, 0.3) is 5.92 Å². The molecule has 94 valence electrons. The Balaban J connectivity index is 2.51. The molecule has 1 saturated carbocycles. The molecule has 1 fully saturated rings. The van der Waals surface area contributed by atoms with E-state index < -0.39 is 5.92 Å². The maximum atomic E-state index is 13.6. The average molecular weight is 239 g/mol. The van der Waals surface area contributed by atoms with Gasteiger partial charge in [-0.25, -0.2) is 8.78 Å². The minimum Gasteiger partial charge on any atom is -0.330 e. The van der Waals surface area contributed by atoms with E-state index >= 15 is 0 Å². The van der Waals surface area contributed by atoms with Gasteiger partial charge in [0.05, 0.1) is 0 Å². The molecule has 1 aromatic carbocycles. The molecule has 0 atom stereocenters. The van der Waals surface area contributed by atoms with Gasteiger partial charge in [0.2, 0.25) is 0 Å². The molecule has 0 saturated heterocycles. The molecule has 2 N–H and O–H groups in total. The van der Waals surface area contributed by atoms with Crippen molar-refractivity contribution in [1.29, 1.82) is 0 Å². The van der Waals surface area contributed by atoms with E-state index in [1.165, 1.54) is 6.07 Å². The molecule has 0 amide bonds. The van der Waals surface area contributed by atoms with Crippen LogP contribution in [0.1, 0.15) is 43.7 Å². The zero-order chi connectivity index (χ0) is 12.5. The van der Waals surface area contributed by atoms with Crippen molar-refractivity contribution < 1.29 is 8.78 Å². The summed E-state index contributed by atoms with van der Waals surface area (Å²) in [5.41, 5.74) is 6.54. The van der Waals surface area contributed by atoms with Gasteiger partial charge in [-0.1, -0.05) is 37.1 Å². The largest absolute Gasteiger partial charge is 0.330 e. The van der Waals surface area contributed by atoms with Crippen LogP contribution in [0.3, 0.4) is 0 Å². The lowest BCUT2D eigenvalue weighted by Gasteiger charge is -2.31. The van der Waals surface area contributed by atoms with Crippen molar-refractivity contribution in [2.24, 2.45) is 5.73 Å². The van der Waals surface area contributed by atoms with Gasteiger partial charge < -0.3 is 5.73 Å². The van der Waals surface area contributed by atoms with Crippen molar-refractivity contribution >= 4 is 0 Å². The summed E-state index contributed by atoms with van der Waals surface area (Å²) in [6, 6.07) is 6.87. The number of hydrogen-bond acceptors (Lipinski definition) is 1. The fourth-order valence-corrected chi connectivity index (χ4v) is 2.96. The highest BCUT2D eigenvalue weighted by atomic mass is 19.3. The van der Waals surface area contributed by atoms with Crippen LogP contribution in [-0.4, -0.2) is 6.54 Å². The average Bonchev–Trinajstić information content (AvgIpc) is 2.78. The van der Waals surface area contributed by atoms with Crippen LogP contribution in [0.25, 0.3) is 0 Å². The molecule has 2 rings (SSSR count). The summed E-state index contributed by atoms with van der Waals surface area (Å²) in [4.78, 5) is 0. The molecule has 3 heteroatoms. The highest BCUT2D eigenvalue weighted by Gasteiger charge is 2.39. The van der Waals surface area contributed by atoms with Gasteiger partial charge in [0, 0.05) is 24.4 Å². The highest BCUT2D eigenvalue weighted by molar-refractivity contribution is 5.38. The van der Waals surface area contributed by atoms with E-state index in [0.29, 0.717) is 6.54 Å². The summed E-state index contributed by atoms with van der Waals surface area (Å²) >= 11 is 0. The van der Waals surface area contributed by atoms with Crippen molar-refractivity contribution in [3.8, 4) is 0 Å². The normalized spacial score (nSPS) is 19.5. The Morgan fingerprint density at radius 1 is 1.24 bits per heavy atom. The third-order valence-corrected chi connectivity index (χ3v) is 3.92. The molecule has 1 aliphatic carbocycles. The Morgan fingerprint density at radius 2 is 1.82 bits per heavy atom. The first-order chi connectivity index (χ1) is 7.99. The Bertz CT molecular complexity index is 389. The molecule has 0 radical (unpaired) electrons. The van der Waals surface area contributed by atoms with Crippen LogP contribution in [0, 0.1) is 0 Å². The SMILES string of the molecule is CC(F)(F)c1ccccc1C1(CN)CCCC1. The molecule has 0 aliphatic heterocycles. The van der Waals surface area contributed by atoms with E-state index in [-0.39, 0.29) is 11.0 Å². The summed E-state index contributed by atoms with van der Waals surface area (Å²) < 4.78 is 27.3. The van der Waals surface area contributed by atoms with E-state index in [4.69, 9.17) is 5.73 Å². The number of nitrogens with two attached hydrogens (primary N) is 1. The van der Waals surface area contributed by atoms with E-state index in [1.54, 1.807) is 6.07 Å². The lowest BCUT2D eigenvalue weighted by atomic mass is 9.76. The van der Waals surface area contributed by atoms with E-state index in [0.717, 1.165) is 38.2 Å². The lowest BCUT2D eigenvalue weighted by molar-refractivity contribution is 0.0153. The maximum Gasteiger partial charge on any atom is 0.270 e. The zero-order valence-corrected chi connectivity index (χ0v) is 10.2. The van der Waals surface area contributed by atoms with E-state index in [9.17, 15) is 8.78 Å². The molecular formula is C14H19F2N. The van der Waals surface area contributed by atoms with Crippen LogP contribution in [0.2, 0.25) is 0 Å². The number of halogens is 2. The van der Waals surface area contributed by atoms with Gasteiger partial charge >= 0.3 is 0 Å². The van der Waals surface area contributed by atoms with Gasteiger partial charge in [0.1, 0.15) is 0 Å². The predicted molar refractivity (Wildman–Crippen MR) is 65.2 cm³/mol. The van der Waals surface area contributed by atoms with Crippen LogP contribution in [0.4, 0.5) is 8.78 Å². The second-order valence-corrected chi connectivity index (χ2v) is 5.13. The van der Waals surface area contributed by atoms with E-state index in [1.807, 2.05) is 12.1 Å². The minimum atomic E-state index is -2.79. The zero-order valence-electron chi connectivity index (χ0n) is 10.2. The minimum absolute atomic E-state index is 0.146. The monoisotopic (exact) mass is 239 g/mol. The Morgan fingerprint density at radius 3 is 2.35 bits per heavy atom.